The van der Waals surface area contributed by atoms with Gasteiger partial charge in [0.15, 0.2) is 6.29 Å². The third kappa shape index (κ3) is 3.13. The molecule has 9 heteroatoms. The number of thiophene rings is 1. The van der Waals surface area contributed by atoms with Crippen LogP contribution in [0.3, 0.4) is 0 Å². The first-order chi connectivity index (χ1) is 11.9. The molecule has 0 amide bonds. The Morgan fingerprint density at radius 1 is 1.27 bits per heavy atom. The zero-order chi connectivity index (χ0) is 19.4. The number of halogens is 3. The van der Waals surface area contributed by atoms with Gasteiger partial charge in [-0.25, -0.2) is 4.79 Å². The highest BCUT2D eigenvalue weighted by molar-refractivity contribution is 7.20. The average Bonchev–Trinajstić information content (AvgIpc) is 2.81. The first kappa shape index (κ1) is 18.9. The summed E-state index contributed by atoms with van der Waals surface area (Å²) >= 11 is 0.889. The Morgan fingerprint density at radius 2 is 1.88 bits per heavy atom. The van der Waals surface area contributed by atoms with Crippen molar-refractivity contribution in [2.24, 2.45) is 5.41 Å². The Bertz CT molecular complexity index is 990. The first-order valence-corrected chi connectivity index (χ1v) is 9.07. The smallest absolute Gasteiger partial charge is 0.297 e. The van der Waals surface area contributed by atoms with Crippen molar-refractivity contribution in [1.82, 2.24) is 9.13 Å². The van der Waals surface area contributed by atoms with Crippen LogP contribution in [-0.2, 0) is 6.54 Å². The van der Waals surface area contributed by atoms with Gasteiger partial charge in [-0.2, -0.15) is 13.2 Å². The Labute approximate surface area is 151 Å². The molecule has 0 unspecified atom stereocenters. The summed E-state index contributed by atoms with van der Waals surface area (Å²) in [5.41, 5.74) is -0.848. The van der Waals surface area contributed by atoms with Gasteiger partial charge < -0.3 is 0 Å². The molecule has 0 atom stereocenters. The van der Waals surface area contributed by atoms with E-state index in [-0.39, 0.29) is 26.6 Å². The number of alkyl halides is 3. The predicted molar refractivity (Wildman–Crippen MR) is 93.2 cm³/mol. The molecule has 1 aliphatic rings. The molecule has 0 spiro atoms. The standard InChI is InChI=1S/C17H19F3N2O3S/c1-9-11(8-23)26-14-12(9)13(24)22(10-6-16(2,3)7-10)15(25)21(14)5-4-17(18,19)20/h8,10H,4-7H2,1-3H3. The van der Waals surface area contributed by atoms with E-state index < -0.39 is 30.4 Å². The van der Waals surface area contributed by atoms with Crippen molar-refractivity contribution in [3.8, 4) is 0 Å². The lowest BCUT2D eigenvalue weighted by Gasteiger charge is -2.43. The molecule has 0 radical (unpaired) electrons. The number of hydrogen-bond acceptors (Lipinski definition) is 4. The molecule has 2 aromatic heterocycles. The lowest BCUT2D eigenvalue weighted by Crippen LogP contribution is -2.48. The van der Waals surface area contributed by atoms with Crippen molar-refractivity contribution in [3.05, 3.63) is 31.3 Å². The summed E-state index contributed by atoms with van der Waals surface area (Å²) < 4.78 is 40.2. The molecule has 0 aliphatic heterocycles. The van der Waals surface area contributed by atoms with E-state index in [0.29, 0.717) is 24.7 Å². The minimum atomic E-state index is -4.43. The van der Waals surface area contributed by atoms with Crippen LogP contribution in [0.4, 0.5) is 13.2 Å². The number of hydrogen-bond donors (Lipinski definition) is 0. The number of fused-ring (bicyclic) bond motifs is 1. The van der Waals surface area contributed by atoms with Crippen LogP contribution in [0, 0.1) is 12.3 Å². The number of aryl methyl sites for hydroxylation is 2. The van der Waals surface area contributed by atoms with Crippen molar-refractivity contribution in [1.29, 1.82) is 0 Å². The lowest BCUT2D eigenvalue weighted by atomic mass is 9.68. The van der Waals surface area contributed by atoms with Crippen LogP contribution >= 0.6 is 11.3 Å². The van der Waals surface area contributed by atoms with Gasteiger partial charge in [0, 0.05) is 12.6 Å². The number of nitrogens with zero attached hydrogens (tertiary/aromatic N) is 2. The Morgan fingerprint density at radius 3 is 2.38 bits per heavy atom. The number of carbonyl (C=O) groups is 1. The van der Waals surface area contributed by atoms with Crippen molar-refractivity contribution in [2.45, 2.75) is 58.8 Å². The maximum Gasteiger partial charge on any atom is 0.390 e. The van der Waals surface area contributed by atoms with E-state index in [4.69, 9.17) is 0 Å². The molecule has 26 heavy (non-hydrogen) atoms. The maximum absolute atomic E-state index is 12.9. The summed E-state index contributed by atoms with van der Waals surface area (Å²) in [5.74, 6) is 0. The number of aromatic nitrogens is 2. The zero-order valence-corrected chi connectivity index (χ0v) is 15.5. The molecule has 0 aromatic carbocycles. The first-order valence-electron chi connectivity index (χ1n) is 8.25. The summed E-state index contributed by atoms with van der Waals surface area (Å²) in [5, 5.41) is 0.170. The largest absolute Gasteiger partial charge is 0.390 e. The van der Waals surface area contributed by atoms with Crippen molar-refractivity contribution in [2.75, 3.05) is 0 Å². The molecule has 1 fully saturated rings. The molecular formula is C17H19F3N2O3S. The van der Waals surface area contributed by atoms with E-state index in [1.165, 1.54) is 0 Å². The van der Waals surface area contributed by atoms with E-state index in [1.807, 2.05) is 13.8 Å². The van der Waals surface area contributed by atoms with Gasteiger partial charge in [-0.05, 0) is 30.7 Å². The molecule has 0 bridgehead atoms. The fourth-order valence-electron chi connectivity index (χ4n) is 3.65. The van der Waals surface area contributed by atoms with Gasteiger partial charge in [0.25, 0.3) is 5.56 Å². The normalized spacial score (nSPS) is 17.5. The third-order valence-electron chi connectivity index (χ3n) is 4.95. The Kier molecular flexibility index (Phi) is 4.41. The van der Waals surface area contributed by atoms with Gasteiger partial charge in [0.2, 0.25) is 0 Å². The van der Waals surface area contributed by atoms with E-state index >= 15 is 0 Å². The van der Waals surface area contributed by atoms with E-state index in [2.05, 4.69) is 0 Å². The molecule has 5 nitrogen and oxygen atoms in total. The number of carbonyl (C=O) groups excluding carboxylic acids is 1. The summed E-state index contributed by atoms with van der Waals surface area (Å²) in [6.07, 6.45) is -3.82. The van der Waals surface area contributed by atoms with Crippen molar-refractivity contribution in [3.63, 3.8) is 0 Å². The molecule has 2 heterocycles. The lowest BCUT2D eigenvalue weighted by molar-refractivity contribution is -0.136. The summed E-state index contributed by atoms with van der Waals surface area (Å²) in [7, 11) is 0. The minimum absolute atomic E-state index is 0.0139. The fraction of sp³-hybridized carbons (Fsp3) is 0.588. The van der Waals surface area contributed by atoms with Crippen LogP contribution in [0.25, 0.3) is 10.2 Å². The summed E-state index contributed by atoms with van der Waals surface area (Å²) in [4.78, 5) is 37.4. The molecule has 142 valence electrons. The van der Waals surface area contributed by atoms with E-state index in [1.54, 1.807) is 6.92 Å². The highest BCUT2D eigenvalue weighted by Crippen LogP contribution is 2.46. The minimum Gasteiger partial charge on any atom is -0.297 e. The van der Waals surface area contributed by atoms with Gasteiger partial charge >= 0.3 is 11.9 Å². The molecule has 1 saturated carbocycles. The fourth-order valence-corrected chi connectivity index (χ4v) is 4.78. The van der Waals surface area contributed by atoms with Crippen LogP contribution in [0.1, 0.15) is 54.4 Å². The van der Waals surface area contributed by atoms with Gasteiger partial charge in [-0.15, -0.1) is 11.3 Å². The van der Waals surface area contributed by atoms with Gasteiger partial charge in [0.1, 0.15) is 4.83 Å². The van der Waals surface area contributed by atoms with Crippen molar-refractivity contribution < 1.29 is 18.0 Å². The summed E-state index contributed by atoms with van der Waals surface area (Å²) in [6.45, 7) is 5.02. The topological polar surface area (TPSA) is 61.1 Å². The van der Waals surface area contributed by atoms with Crippen LogP contribution in [0.5, 0.6) is 0 Å². The van der Waals surface area contributed by atoms with Crippen LogP contribution in [-0.4, -0.2) is 21.6 Å². The van der Waals surface area contributed by atoms with Crippen LogP contribution < -0.4 is 11.2 Å². The second-order valence-electron chi connectivity index (χ2n) is 7.59. The van der Waals surface area contributed by atoms with Gasteiger partial charge in [-0.1, -0.05) is 13.8 Å². The molecule has 0 saturated heterocycles. The average molecular weight is 388 g/mol. The quantitative estimate of drug-likeness (QED) is 0.751. The highest BCUT2D eigenvalue weighted by Gasteiger charge is 2.39. The van der Waals surface area contributed by atoms with Crippen LogP contribution in [0.15, 0.2) is 9.59 Å². The van der Waals surface area contributed by atoms with Gasteiger partial charge in [-0.3, -0.25) is 18.7 Å². The van der Waals surface area contributed by atoms with Crippen LogP contribution in [0.2, 0.25) is 0 Å². The molecular weight excluding hydrogens is 369 g/mol. The SMILES string of the molecule is Cc1c(C=O)sc2c1c(=O)n(C1CC(C)(C)C1)c(=O)n2CCC(F)(F)F. The monoisotopic (exact) mass is 388 g/mol. The zero-order valence-electron chi connectivity index (χ0n) is 14.6. The Balaban J connectivity index is 2.25. The molecule has 3 rings (SSSR count). The second kappa shape index (κ2) is 6.07. The highest BCUT2D eigenvalue weighted by atomic mass is 32.1. The Hall–Kier alpha value is -1.90. The van der Waals surface area contributed by atoms with Crippen molar-refractivity contribution >= 4 is 27.8 Å². The molecule has 0 N–H and O–H groups in total. The number of rotatable bonds is 4. The predicted octanol–water partition coefficient (Wildman–Crippen LogP) is 3.66. The van der Waals surface area contributed by atoms with E-state index in [9.17, 15) is 27.6 Å². The number of aldehydes is 1. The maximum atomic E-state index is 12.9. The summed E-state index contributed by atoms with van der Waals surface area (Å²) in [6, 6.07) is -0.328. The third-order valence-corrected chi connectivity index (χ3v) is 6.19. The second-order valence-corrected chi connectivity index (χ2v) is 8.62. The van der Waals surface area contributed by atoms with Gasteiger partial charge in [0.05, 0.1) is 16.7 Å². The molecule has 1 aliphatic carbocycles. The van der Waals surface area contributed by atoms with E-state index in [0.717, 1.165) is 20.5 Å². The molecule has 2 aromatic rings.